The van der Waals surface area contributed by atoms with E-state index < -0.39 is 0 Å². The lowest BCUT2D eigenvalue weighted by molar-refractivity contribution is 0.438. The third-order valence-corrected chi connectivity index (χ3v) is 3.61. The minimum atomic E-state index is -0.368. The molecule has 0 spiro atoms. The van der Waals surface area contributed by atoms with Crippen molar-refractivity contribution in [3.8, 4) is 11.5 Å². The molecule has 21 heavy (non-hydrogen) atoms. The number of hydrogen-bond donors (Lipinski definition) is 1. The number of nitrogens with one attached hydrogen (secondary N) is 1. The number of rotatable bonds is 6. The highest BCUT2D eigenvalue weighted by molar-refractivity contribution is 9.10. The molecule has 2 aromatic rings. The first-order valence-electron chi connectivity index (χ1n) is 7.03. The van der Waals surface area contributed by atoms with Gasteiger partial charge < -0.3 is 10.1 Å². The van der Waals surface area contributed by atoms with Crippen LogP contribution >= 0.6 is 15.9 Å². The molecule has 1 N–H and O–H groups in total. The van der Waals surface area contributed by atoms with Gasteiger partial charge in [0.25, 0.3) is 0 Å². The van der Waals surface area contributed by atoms with Crippen molar-refractivity contribution in [1.29, 1.82) is 0 Å². The van der Waals surface area contributed by atoms with Gasteiger partial charge in [-0.05, 0) is 55.3 Å². The number of aryl methyl sites for hydroxylation is 1. The highest BCUT2D eigenvalue weighted by Gasteiger charge is 2.08. The molecule has 0 atom stereocenters. The Morgan fingerprint density at radius 1 is 1.14 bits per heavy atom. The summed E-state index contributed by atoms with van der Waals surface area (Å²) in [6, 6.07) is 10.7. The van der Waals surface area contributed by atoms with Gasteiger partial charge in [-0.3, -0.25) is 0 Å². The highest BCUT2D eigenvalue weighted by atomic mass is 79.9. The zero-order valence-electron chi connectivity index (χ0n) is 12.2. The van der Waals surface area contributed by atoms with E-state index in [-0.39, 0.29) is 11.6 Å². The standard InChI is InChI=1S/C17H19BrFNO/c1-3-8-20-11-13-5-4-12(2)16(9-13)21-17-10-14(18)6-7-15(17)19/h4-7,9-10,20H,3,8,11H2,1-2H3. The molecule has 2 aromatic carbocycles. The minimum absolute atomic E-state index is 0.228. The quantitative estimate of drug-likeness (QED) is 0.723. The van der Waals surface area contributed by atoms with Gasteiger partial charge >= 0.3 is 0 Å². The Morgan fingerprint density at radius 2 is 1.95 bits per heavy atom. The van der Waals surface area contributed by atoms with Crippen molar-refractivity contribution in [2.45, 2.75) is 26.8 Å². The van der Waals surface area contributed by atoms with E-state index in [1.165, 1.54) is 6.07 Å². The van der Waals surface area contributed by atoms with Crippen LogP contribution in [-0.2, 0) is 6.54 Å². The number of hydrogen-bond acceptors (Lipinski definition) is 2. The Bertz CT molecular complexity index is 616. The first-order valence-corrected chi connectivity index (χ1v) is 7.82. The first-order chi connectivity index (χ1) is 10.1. The molecule has 0 saturated heterocycles. The first kappa shape index (κ1) is 16.0. The summed E-state index contributed by atoms with van der Waals surface area (Å²) in [6.45, 7) is 5.84. The Labute approximate surface area is 133 Å². The Morgan fingerprint density at radius 3 is 2.71 bits per heavy atom. The van der Waals surface area contributed by atoms with Gasteiger partial charge in [-0.25, -0.2) is 4.39 Å². The summed E-state index contributed by atoms with van der Waals surface area (Å²) < 4.78 is 20.3. The summed E-state index contributed by atoms with van der Waals surface area (Å²) >= 11 is 3.33. The summed E-state index contributed by atoms with van der Waals surface area (Å²) in [5, 5.41) is 3.35. The predicted molar refractivity (Wildman–Crippen MR) is 87.4 cm³/mol. The molecule has 0 aliphatic carbocycles. The van der Waals surface area contributed by atoms with Crippen molar-refractivity contribution in [2.75, 3.05) is 6.54 Å². The van der Waals surface area contributed by atoms with E-state index in [4.69, 9.17) is 4.74 Å². The van der Waals surface area contributed by atoms with Crippen molar-refractivity contribution in [1.82, 2.24) is 5.32 Å². The van der Waals surface area contributed by atoms with Crippen molar-refractivity contribution < 1.29 is 9.13 Å². The van der Waals surface area contributed by atoms with Crippen LogP contribution in [0.1, 0.15) is 24.5 Å². The molecule has 0 aliphatic heterocycles. The third-order valence-electron chi connectivity index (χ3n) is 3.12. The second kappa shape index (κ2) is 7.57. The van der Waals surface area contributed by atoms with Gasteiger partial charge in [-0.1, -0.05) is 35.0 Å². The van der Waals surface area contributed by atoms with Crippen LogP contribution in [0.5, 0.6) is 11.5 Å². The van der Waals surface area contributed by atoms with Crippen LogP contribution < -0.4 is 10.1 Å². The maximum Gasteiger partial charge on any atom is 0.165 e. The monoisotopic (exact) mass is 351 g/mol. The fraction of sp³-hybridized carbons (Fsp3) is 0.294. The summed E-state index contributed by atoms with van der Waals surface area (Å²) in [5.41, 5.74) is 2.10. The van der Waals surface area contributed by atoms with Crippen molar-refractivity contribution in [3.63, 3.8) is 0 Å². The smallest absolute Gasteiger partial charge is 0.165 e. The minimum Gasteiger partial charge on any atom is -0.454 e. The average Bonchev–Trinajstić information content (AvgIpc) is 2.46. The van der Waals surface area contributed by atoms with Crippen LogP contribution in [0, 0.1) is 12.7 Å². The molecule has 0 aromatic heterocycles. The van der Waals surface area contributed by atoms with E-state index in [0.29, 0.717) is 5.75 Å². The normalized spacial score (nSPS) is 10.7. The molecule has 0 amide bonds. The molecule has 0 saturated carbocycles. The molecule has 112 valence electrons. The van der Waals surface area contributed by atoms with Gasteiger partial charge in [-0.2, -0.15) is 0 Å². The molecule has 0 heterocycles. The maximum atomic E-state index is 13.8. The number of ether oxygens (including phenoxy) is 1. The van der Waals surface area contributed by atoms with Crippen molar-refractivity contribution >= 4 is 15.9 Å². The van der Waals surface area contributed by atoms with E-state index in [0.717, 1.165) is 35.1 Å². The van der Waals surface area contributed by atoms with Crippen LogP contribution in [0.25, 0.3) is 0 Å². The lowest BCUT2D eigenvalue weighted by Gasteiger charge is -2.12. The van der Waals surface area contributed by atoms with Gasteiger partial charge in [0, 0.05) is 11.0 Å². The fourth-order valence-electron chi connectivity index (χ4n) is 1.95. The average molecular weight is 352 g/mol. The van der Waals surface area contributed by atoms with Gasteiger partial charge in [0.05, 0.1) is 0 Å². The van der Waals surface area contributed by atoms with Gasteiger partial charge in [-0.15, -0.1) is 0 Å². The molecule has 0 aliphatic rings. The topological polar surface area (TPSA) is 21.3 Å². The van der Waals surface area contributed by atoms with E-state index in [9.17, 15) is 4.39 Å². The van der Waals surface area contributed by atoms with E-state index in [2.05, 4.69) is 34.2 Å². The third kappa shape index (κ3) is 4.55. The Hall–Kier alpha value is -1.39. The summed E-state index contributed by atoms with van der Waals surface area (Å²) in [4.78, 5) is 0. The van der Waals surface area contributed by atoms with Crippen LogP contribution in [0.15, 0.2) is 40.9 Å². The summed E-state index contributed by atoms with van der Waals surface area (Å²) in [7, 11) is 0. The zero-order valence-corrected chi connectivity index (χ0v) is 13.8. The zero-order chi connectivity index (χ0) is 15.2. The van der Waals surface area contributed by atoms with E-state index >= 15 is 0 Å². The molecule has 2 nitrogen and oxygen atoms in total. The van der Waals surface area contributed by atoms with Crippen LogP contribution in [-0.4, -0.2) is 6.54 Å². The molecule has 0 radical (unpaired) electrons. The largest absolute Gasteiger partial charge is 0.454 e. The number of benzene rings is 2. The second-order valence-corrected chi connectivity index (χ2v) is 5.87. The molecule has 0 fully saturated rings. The van der Waals surface area contributed by atoms with Gasteiger partial charge in [0.15, 0.2) is 11.6 Å². The fourth-order valence-corrected chi connectivity index (χ4v) is 2.29. The lowest BCUT2D eigenvalue weighted by Crippen LogP contribution is -2.13. The molecule has 4 heteroatoms. The number of halogens is 2. The molecule has 0 unspecified atom stereocenters. The molecular formula is C17H19BrFNO. The maximum absolute atomic E-state index is 13.8. The van der Waals surface area contributed by atoms with Gasteiger partial charge in [0.2, 0.25) is 0 Å². The van der Waals surface area contributed by atoms with Crippen LogP contribution in [0.3, 0.4) is 0 Å². The van der Waals surface area contributed by atoms with E-state index in [1.54, 1.807) is 12.1 Å². The molecule has 0 bridgehead atoms. The van der Waals surface area contributed by atoms with Crippen molar-refractivity contribution in [2.24, 2.45) is 0 Å². The van der Waals surface area contributed by atoms with Crippen molar-refractivity contribution in [3.05, 3.63) is 57.8 Å². The summed E-state index contributed by atoms with van der Waals surface area (Å²) in [6.07, 6.45) is 1.10. The van der Waals surface area contributed by atoms with Gasteiger partial charge in [0.1, 0.15) is 5.75 Å². The SMILES string of the molecule is CCCNCc1ccc(C)c(Oc2cc(Br)ccc2F)c1. The van der Waals surface area contributed by atoms with Crippen LogP contribution in [0.2, 0.25) is 0 Å². The highest BCUT2D eigenvalue weighted by Crippen LogP contribution is 2.30. The lowest BCUT2D eigenvalue weighted by atomic mass is 10.1. The Balaban J connectivity index is 2.18. The Kier molecular flexibility index (Phi) is 5.76. The second-order valence-electron chi connectivity index (χ2n) is 4.95. The molecule has 2 rings (SSSR count). The molecular weight excluding hydrogens is 333 g/mol. The predicted octanol–water partition coefficient (Wildman–Crippen LogP) is 5.19. The summed E-state index contributed by atoms with van der Waals surface area (Å²) in [5.74, 6) is 0.543. The van der Waals surface area contributed by atoms with E-state index in [1.807, 2.05) is 19.1 Å². The van der Waals surface area contributed by atoms with Crippen LogP contribution in [0.4, 0.5) is 4.39 Å².